The lowest BCUT2D eigenvalue weighted by atomic mass is 9.96. The first-order valence-corrected chi connectivity index (χ1v) is 11.3. The highest BCUT2D eigenvalue weighted by Crippen LogP contribution is 2.28. The molecule has 9 nitrogen and oxygen atoms in total. The number of aliphatic hydroxyl groups excluding tert-OH is 1. The van der Waals surface area contributed by atoms with Crippen LogP contribution in [-0.2, 0) is 20.9 Å². The van der Waals surface area contributed by atoms with E-state index in [4.69, 9.17) is 10.5 Å². The molecular formula is C24H34N4O5. The minimum Gasteiger partial charge on any atom is -0.444 e. The van der Waals surface area contributed by atoms with E-state index >= 15 is 0 Å². The Morgan fingerprint density at radius 1 is 1.21 bits per heavy atom. The van der Waals surface area contributed by atoms with Gasteiger partial charge in [-0.05, 0) is 36.8 Å². The molecule has 4 atom stereocenters. The topological polar surface area (TPSA) is 137 Å². The Balaban J connectivity index is 2.32. The Morgan fingerprint density at radius 2 is 1.85 bits per heavy atom. The van der Waals surface area contributed by atoms with Gasteiger partial charge < -0.3 is 15.6 Å². The van der Waals surface area contributed by atoms with Crippen molar-refractivity contribution >= 4 is 17.9 Å². The van der Waals surface area contributed by atoms with Gasteiger partial charge in [0.1, 0.15) is 6.61 Å². The molecule has 1 aromatic rings. The van der Waals surface area contributed by atoms with E-state index in [0.29, 0.717) is 29.8 Å². The fourth-order valence-corrected chi connectivity index (χ4v) is 4.07. The molecule has 1 aliphatic heterocycles. The number of rotatable bonds is 8. The van der Waals surface area contributed by atoms with E-state index in [1.54, 1.807) is 43.0 Å². The fourth-order valence-electron chi connectivity index (χ4n) is 4.07. The number of ether oxygens (including phenoxy) is 1. The first kappa shape index (κ1) is 26.5. The summed E-state index contributed by atoms with van der Waals surface area (Å²) in [5.41, 5.74) is 6.71. The third kappa shape index (κ3) is 6.38. The van der Waals surface area contributed by atoms with Crippen molar-refractivity contribution in [2.24, 2.45) is 17.6 Å². The number of hydrogen-bond acceptors (Lipinski definition) is 8. The van der Waals surface area contributed by atoms with Gasteiger partial charge in [0.2, 0.25) is 0 Å². The minimum atomic E-state index is -1.31. The third-order valence-corrected chi connectivity index (χ3v) is 5.93. The number of nitrogens with zero attached hydrogens (tertiary/aromatic N) is 3. The number of amides is 3. The van der Waals surface area contributed by atoms with E-state index in [-0.39, 0.29) is 18.4 Å². The molecule has 0 bridgehead atoms. The Morgan fingerprint density at radius 3 is 2.39 bits per heavy atom. The Labute approximate surface area is 195 Å². The molecule has 0 saturated carbocycles. The number of hydrogen-bond donors (Lipinski definition) is 2. The second kappa shape index (κ2) is 11.9. The molecule has 0 spiro atoms. The maximum atomic E-state index is 13.6. The number of carbonyl (C=O) groups excluding carboxylic acids is 3. The van der Waals surface area contributed by atoms with Gasteiger partial charge in [-0.3, -0.25) is 14.5 Å². The summed E-state index contributed by atoms with van der Waals surface area (Å²) in [7, 11) is 0. The monoisotopic (exact) mass is 458 g/mol. The van der Waals surface area contributed by atoms with E-state index in [1.807, 2.05) is 26.0 Å². The number of imide groups is 3. The molecule has 0 aromatic heterocycles. The van der Waals surface area contributed by atoms with Crippen molar-refractivity contribution in [2.75, 3.05) is 6.54 Å². The van der Waals surface area contributed by atoms with Crippen molar-refractivity contribution in [2.45, 2.75) is 71.4 Å². The smallest absolute Gasteiger partial charge is 0.423 e. The fraction of sp³-hybridized carbons (Fsp3) is 0.583. The zero-order valence-electron chi connectivity index (χ0n) is 19.7. The van der Waals surface area contributed by atoms with Crippen LogP contribution in [0.5, 0.6) is 0 Å². The maximum Gasteiger partial charge on any atom is 0.423 e. The Bertz CT molecular complexity index is 867. The average Bonchev–Trinajstić information content (AvgIpc) is 3.26. The molecule has 1 aliphatic rings. The quantitative estimate of drug-likeness (QED) is 0.565. The zero-order valence-corrected chi connectivity index (χ0v) is 19.7. The van der Waals surface area contributed by atoms with Crippen molar-refractivity contribution in [1.29, 1.82) is 5.26 Å². The van der Waals surface area contributed by atoms with Gasteiger partial charge in [-0.25, -0.2) is 4.79 Å². The van der Waals surface area contributed by atoms with Gasteiger partial charge in [-0.15, -0.1) is 0 Å². The number of carbonyl (C=O) groups is 3. The van der Waals surface area contributed by atoms with Crippen molar-refractivity contribution in [3.63, 3.8) is 0 Å². The van der Waals surface area contributed by atoms with Gasteiger partial charge in [0, 0.05) is 0 Å². The lowest BCUT2D eigenvalue weighted by molar-refractivity contribution is -0.147. The van der Waals surface area contributed by atoms with E-state index < -0.39 is 42.1 Å². The zero-order chi connectivity index (χ0) is 24.7. The van der Waals surface area contributed by atoms with Crippen LogP contribution in [0.2, 0.25) is 0 Å². The van der Waals surface area contributed by atoms with Crippen LogP contribution < -0.4 is 5.73 Å². The van der Waals surface area contributed by atoms with Gasteiger partial charge in [-0.1, -0.05) is 58.0 Å². The number of nitrogens with two attached hydrogens (primary N) is 1. The van der Waals surface area contributed by atoms with Gasteiger partial charge in [-0.2, -0.15) is 10.2 Å². The molecule has 180 valence electrons. The second-order valence-electron chi connectivity index (χ2n) is 9.03. The summed E-state index contributed by atoms with van der Waals surface area (Å²) in [6, 6.07) is 8.21. The molecule has 1 unspecified atom stereocenters. The lowest BCUT2D eigenvalue weighted by Gasteiger charge is -2.37. The summed E-state index contributed by atoms with van der Waals surface area (Å²) in [4.78, 5) is 41.8. The number of benzene rings is 1. The Hall–Kier alpha value is -2.80. The molecule has 1 saturated heterocycles. The molecule has 1 heterocycles. The molecule has 3 N–H and O–H groups in total. The molecule has 9 heteroatoms. The summed E-state index contributed by atoms with van der Waals surface area (Å²) in [5, 5.41) is 19.5. The molecule has 1 fully saturated rings. The number of likely N-dealkylation sites (tertiary alicyclic amines) is 1. The second-order valence-corrected chi connectivity index (χ2v) is 9.03. The van der Waals surface area contributed by atoms with Crippen molar-refractivity contribution in [3.8, 4) is 6.07 Å². The number of nitriles is 1. The summed E-state index contributed by atoms with van der Waals surface area (Å²) in [6.45, 7) is 7.48. The van der Waals surface area contributed by atoms with Crippen LogP contribution in [0.4, 0.5) is 4.79 Å². The standard InChI is InChI=1S/C24H34N4O5/c1-15(2)20(26)23(31)28(24(32)33-14-17-9-6-5-7-10-17)22(30)18-11-8-12-27(18)21(16(3)4)19(29)13-25/h5-7,9-10,15-16,18-21,29H,8,11-12,14,26H2,1-4H3/t18-,19?,20-,21-/m0/s1. The van der Waals surface area contributed by atoms with Gasteiger partial charge in [0.25, 0.3) is 11.8 Å². The predicted octanol–water partition coefficient (Wildman–Crippen LogP) is 2.04. The van der Waals surface area contributed by atoms with Crippen LogP contribution >= 0.6 is 0 Å². The van der Waals surface area contributed by atoms with Crippen LogP contribution in [0.25, 0.3) is 0 Å². The highest BCUT2D eigenvalue weighted by atomic mass is 16.6. The van der Waals surface area contributed by atoms with Crippen molar-refractivity contribution < 1.29 is 24.2 Å². The van der Waals surface area contributed by atoms with E-state index in [2.05, 4.69) is 0 Å². The summed E-state index contributed by atoms with van der Waals surface area (Å²) < 4.78 is 5.30. The molecule has 0 radical (unpaired) electrons. The van der Waals surface area contributed by atoms with Crippen molar-refractivity contribution in [1.82, 2.24) is 9.80 Å². The molecular weight excluding hydrogens is 424 g/mol. The largest absolute Gasteiger partial charge is 0.444 e. The van der Waals surface area contributed by atoms with Gasteiger partial charge in [0.15, 0.2) is 6.10 Å². The van der Waals surface area contributed by atoms with Crippen LogP contribution in [-0.4, -0.2) is 63.6 Å². The molecule has 1 aromatic carbocycles. The van der Waals surface area contributed by atoms with Gasteiger partial charge >= 0.3 is 6.09 Å². The van der Waals surface area contributed by atoms with Gasteiger partial charge in [0.05, 0.1) is 24.2 Å². The Kier molecular flexibility index (Phi) is 9.53. The van der Waals surface area contributed by atoms with Crippen LogP contribution in [0, 0.1) is 23.2 Å². The first-order chi connectivity index (χ1) is 15.6. The highest BCUT2D eigenvalue weighted by Gasteiger charge is 2.45. The third-order valence-electron chi connectivity index (χ3n) is 5.93. The maximum absolute atomic E-state index is 13.6. The first-order valence-electron chi connectivity index (χ1n) is 11.3. The highest BCUT2D eigenvalue weighted by molar-refractivity contribution is 6.11. The lowest BCUT2D eigenvalue weighted by Crippen LogP contribution is -2.59. The average molecular weight is 459 g/mol. The normalized spacial score (nSPS) is 19.1. The summed E-state index contributed by atoms with van der Waals surface area (Å²) >= 11 is 0. The molecule has 2 rings (SSSR count). The van der Waals surface area contributed by atoms with Crippen LogP contribution in [0.1, 0.15) is 46.1 Å². The molecule has 0 aliphatic carbocycles. The van der Waals surface area contributed by atoms with E-state index in [0.717, 1.165) is 0 Å². The SMILES string of the molecule is CC(C)[C@@H](C(O)C#N)N1CCC[C@H]1C(=O)N(C(=O)OCc1ccccc1)C(=O)[C@@H](N)C(C)C. The predicted molar refractivity (Wildman–Crippen MR) is 121 cm³/mol. The van der Waals surface area contributed by atoms with Crippen LogP contribution in [0.3, 0.4) is 0 Å². The van der Waals surface area contributed by atoms with Crippen LogP contribution in [0.15, 0.2) is 30.3 Å². The number of aliphatic hydroxyl groups is 1. The minimum absolute atomic E-state index is 0.107. The molecule has 33 heavy (non-hydrogen) atoms. The van der Waals surface area contributed by atoms with E-state index in [1.165, 1.54) is 0 Å². The molecule has 3 amide bonds. The van der Waals surface area contributed by atoms with E-state index in [9.17, 15) is 24.8 Å². The summed E-state index contributed by atoms with van der Waals surface area (Å²) in [6.07, 6.45) is -1.40. The summed E-state index contributed by atoms with van der Waals surface area (Å²) in [5.74, 6) is -2.03. The van der Waals surface area contributed by atoms with Crippen molar-refractivity contribution in [3.05, 3.63) is 35.9 Å².